The molecule has 2 bridgehead atoms. The molecule has 2 saturated heterocycles. The zero-order chi connectivity index (χ0) is 24.1. The third-order valence-electron chi connectivity index (χ3n) is 7.18. The van der Waals surface area contributed by atoms with Gasteiger partial charge in [0.25, 0.3) is 0 Å². The summed E-state index contributed by atoms with van der Waals surface area (Å²) in [5.41, 5.74) is 2.04. The average Bonchev–Trinajstić information content (AvgIpc) is 3.53. The van der Waals surface area contributed by atoms with E-state index in [4.69, 9.17) is 25.9 Å². The van der Waals surface area contributed by atoms with E-state index in [2.05, 4.69) is 29.4 Å². The van der Waals surface area contributed by atoms with Crippen LogP contribution >= 0.6 is 11.6 Å². The topological polar surface area (TPSA) is 121 Å². The Labute approximate surface area is 202 Å². The van der Waals surface area contributed by atoms with Gasteiger partial charge in [-0.1, -0.05) is 47.1 Å². The lowest BCUT2D eigenvalue weighted by molar-refractivity contribution is -0.329. The van der Waals surface area contributed by atoms with Crippen LogP contribution in [0.2, 0.25) is 5.02 Å². The second kappa shape index (κ2) is 8.87. The summed E-state index contributed by atoms with van der Waals surface area (Å²) in [6, 6.07) is 13.5. The van der Waals surface area contributed by atoms with Gasteiger partial charge in [0.1, 0.15) is 31.0 Å². The molecule has 3 aliphatic rings. The van der Waals surface area contributed by atoms with E-state index in [0.29, 0.717) is 28.8 Å². The maximum Gasteiger partial charge on any atom is 0.225 e. The largest absolute Gasteiger partial charge is 0.399 e. The number of oxime groups is 1. The molecule has 2 aromatic carbocycles. The minimum absolute atomic E-state index is 0.171. The van der Waals surface area contributed by atoms with Crippen LogP contribution in [0, 0.1) is 5.92 Å². The SMILES string of the molecule is CO/N=C/C1CC1c1ccc(Cc2cc([C@]34OC[C@](CO)(O3)[C@@H](O)[C@H](O)[C@H]4O)ccc2Cl)cc1. The van der Waals surface area contributed by atoms with E-state index in [1.807, 2.05) is 6.21 Å². The molecule has 8 nitrogen and oxygen atoms in total. The second-order valence-corrected chi connectivity index (χ2v) is 9.74. The van der Waals surface area contributed by atoms with Crippen molar-refractivity contribution in [1.82, 2.24) is 0 Å². The fourth-order valence-corrected chi connectivity index (χ4v) is 5.19. The number of hydrogen-bond acceptors (Lipinski definition) is 8. The minimum Gasteiger partial charge on any atom is -0.399 e. The number of halogens is 1. The van der Waals surface area contributed by atoms with Crippen molar-refractivity contribution in [2.24, 2.45) is 11.1 Å². The first-order valence-corrected chi connectivity index (χ1v) is 11.6. The molecule has 34 heavy (non-hydrogen) atoms. The van der Waals surface area contributed by atoms with Crippen molar-refractivity contribution in [3.05, 3.63) is 69.7 Å². The Morgan fingerprint density at radius 1 is 1.15 bits per heavy atom. The summed E-state index contributed by atoms with van der Waals surface area (Å²) in [5.74, 6) is -0.851. The third kappa shape index (κ3) is 3.83. The van der Waals surface area contributed by atoms with E-state index < -0.39 is 36.3 Å². The van der Waals surface area contributed by atoms with Gasteiger partial charge < -0.3 is 34.7 Å². The van der Waals surface area contributed by atoms with E-state index in [-0.39, 0.29) is 6.61 Å². The number of ether oxygens (including phenoxy) is 2. The van der Waals surface area contributed by atoms with E-state index in [9.17, 15) is 20.4 Å². The summed E-state index contributed by atoms with van der Waals surface area (Å²) in [5, 5.41) is 45.8. The lowest BCUT2D eigenvalue weighted by atomic mass is 9.83. The van der Waals surface area contributed by atoms with Crippen LogP contribution in [0.1, 0.15) is 34.6 Å². The highest BCUT2D eigenvalue weighted by Crippen LogP contribution is 2.50. The Morgan fingerprint density at radius 2 is 1.91 bits per heavy atom. The van der Waals surface area contributed by atoms with Gasteiger partial charge in [-0.3, -0.25) is 0 Å². The lowest BCUT2D eigenvalue weighted by Crippen LogP contribution is -2.65. The van der Waals surface area contributed by atoms with Gasteiger partial charge in [-0.25, -0.2) is 0 Å². The van der Waals surface area contributed by atoms with E-state index in [1.165, 1.54) is 12.7 Å². The predicted octanol–water partition coefficient (Wildman–Crippen LogP) is 1.69. The van der Waals surface area contributed by atoms with Crippen LogP contribution in [-0.4, -0.2) is 70.9 Å². The van der Waals surface area contributed by atoms with E-state index >= 15 is 0 Å². The number of aliphatic hydroxyl groups excluding tert-OH is 4. The molecule has 0 radical (unpaired) electrons. The molecular weight excluding hydrogens is 462 g/mol. The Hall–Kier alpha value is -2.04. The molecule has 2 aromatic rings. The molecule has 2 aliphatic heterocycles. The van der Waals surface area contributed by atoms with E-state index in [1.54, 1.807) is 18.2 Å². The highest BCUT2D eigenvalue weighted by atomic mass is 35.5. The molecule has 3 fully saturated rings. The molecule has 0 spiro atoms. The fraction of sp³-hybridized carbons (Fsp3) is 0.480. The number of hydrogen-bond donors (Lipinski definition) is 4. The van der Waals surface area contributed by atoms with Crippen LogP contribution in [-0.2, 0) is 26.5 Å². The number of aliphatic hydroxyl groups is 4. The number of benzene rings is 2. The summed E-state index contributed by atoms with van der Waals surface area (Å²) < 4.78 is 11.8. The summed E-state index contributed by atoms with van der Waals surface area (Å²) in [7, 11) is 1.54. The van der Waals surface area contributed by atoms with Gasteiger partial charge in [0.2, 0.25) is 5.79 Å². The van der Waals surface area contributed by atoms with Crippen molar-refractivity contribution >= 4 is 17.8 Å². The molecular formula is C25H28ClNO7. The van der Waals surface area contributed by atoms with Gasteiger partial charge in [0.15, 0.2) is 0 Å². The maximum absolute atomic E-state index is 10.8. The number of rotatable bonds is 7. The minimum atomic E-state index is -1.71. The molecule has 5 rings (SSSR count). The van der Waals surface area contributed by atoms with Crippen LogP contribution in [0.25, 0.3) is 0 Å². The Bertz CT molecular complexity index is 1080. The van der Waals surface area contributed by atoms with Gasteiger partial charge in [-0.15, -0.1) is 0 Å². The van der Waals surface area contributed by atoms with Crippen LogP contribution < -0.4 is 0 Å². The van der Waals surface area contributed by atoms with Gasteiger partial charge in [0.05, 0.1) is 13.2 Å². The van der Waals surface area contributed by atoms with E-state index in [0.717, 1.165) is 17.5 Å². The first kappa shape index (κ1) is 23.7. The highest BCUT2D eigenvalue weighted by molar-refractivity contribution is 6.31. The van der Waals surface area contributed by atoms with Crippen molar-refractivity contribution < 1.29 is 34.7 Å². The van der Waals surface area contributed by atoms with Crippen LogP contribution in [0.3, 0.4) is 0 Å². The molecule has 1 aliphatic carbocycles. The zero-order valence-corrected chi connectivity index (χ0v) is 19.4. The predicted molar refractivity (Wildman–Crippen MR) is 124 cm³/mol. The summed E-state index contributed by atoms with van der Waals surface area (Å²) in [6.45, 7) is -0.735. The highest BCUT2D eigenvalue weighted by Gasteiger charge is 2.67. The first-order valence-electron chi connectivity index (χ1n) is 11.3. The Morgan fingerprint density at radius 3 is 2.62 bits per heavy atom. The van der Waals surface area contributed by atoms with Crippen molar-refractivity contribution in [3.8, 4) is 0 Å². The van der Waals surface area contributed by atoms with Crippen LogP contribution in [0.5, 0.6) is 0 Å². The average molecular weight is 490 g/mol. The monoisotopic (exact) mass is 489 g/mol. The quantitative estimate of drug-likeness (QED) is 0.345. The number of fused-ring (bicyclic) bond motifs is 2. The molecule has 0 aromatic heterocycles. The lowest BCUT2D eigenvalue weighted by Gasteiger charge is -2.46. The summed E-state index contributed by atoms with van der Waals surface area (Å²) in [4.78, 5) is 4.76. The molecule has 7 atom stereocenters. The normalized spacial score (nSPS) is 36.7. The fourth-order valence-electron chi connectivity index (χ4n) is 5.01. The summed E-state index contributed by atoms with van der Waals surface area (Å²) in [6.07, 6.45) is -1.14. The number of nitrogens with zero attached hydrogens (tertiary/aromatic N) is 1. The maximum atomic E-state index is 10.8. The molecule has 182 valence electrons. The Balaban J connectivity index is 1.37. The van der Waals surface area contributed by atoms with Crippen molar-refractivity contribution in [3.63, 3.8) is 0 Å². The smallest absolute Gasteiger partial charge is 0.225 e. The third-order valence-corrected chi connectivity index (χ3v) is 7.55. The zero-order valence-electron chi connectivity index (χ0n) is 18.7. The van der Waals surface area contributed by atoms with Gasteiger partial charge in [-0.2, -0.15) is 0 Å². The van der Waals surface area contributed by atoms with Gasteiger partial charge >= 0.3 is 0 Å². The molecule has 2 unspecified atom stereocenters. The molecule has 1 saturated carbocycles. The van der Waals surface area contributed by atoms with Gasteiger partial charge in [0, 0.05) is 22.7 Å². The Kier molecular flexibility index (Phi) is 6.18. The molecule has 0 amide bonds. The molecule has 4 N–H and O–H groups in total. The molecule has 2 heterocycles. The second-order valence-electron chi connectivity index (χ2n) is 9.33. The van der Waals surface area contributed by atoms with Crippen molar-refractivity contribution in [2.45, 2.75) is 48.5 Å². The molecule has 9 heteroatoms. The van der Waals surface area contributed by atoms with Crippen LogP contribution in [0.15, 0.2) is 47.6 Å². The van der Waals surface area contributed by atoms with Crippen molar-refractivity contribution in [1.29, 1.82) is 0 Å². The standard InChI is InChI=1S/C25H28ClNO7/c1-32-27-11-17-10-19(17)15-4-2-14(3-5-15)8-16-9-18(6-7-20(16)26)25-23(31)21(29)22(30)24(12-28,34-25)13-33-25/h2-7,9,11,17,19,21-23,28-31H,8,10,12-13H2,1H3/b27-11+/t17?,19?,21-,22-,23+,24-,25-/m0/s1. The summed E-state index contributed by atoms with van der Waals surface area (Å²) >= 11 is 6.49. The first-order chi connectivity index (χ1) is 16.3. The van der Waals surface area contributed by atoms with Crippen LogP contribution in [0.4, 0.5) is 0 Å². The van der Waals surface area contributed by atoms with Crippen molar-refractivity contribution in [2.75, 3.05) is 20.3 Å². The van der Waals surface area contributed by atoms with Gasteiger partial charge in [-0.05, 0) is 47.6 Å².